The van der Waals surface area contributed by atoms with Crippen molar-refractivity contribution in [1.29, 1.82) is 0 Å². The van der Waals surface area contributed by atoms with Gasteiger partial charge in [0.25, 0.3) is 0 Å². The van der Waals surface area contributed by atoms with E-state index >= 15 is 0 Å². The third kappa shape index (κ3) is 4.86. The monoisotopic (exact) mass is 451 g/mol. The number of thioether (sulfide) groups is 1. The highest BCUT2D eigenvalue weighted by atomic mass is 35.5. The lowest BCUT2D eigenvalue weighted by atomic mass is 10.1. The summed E-state index contributed by atoms with van der Waals surface area (Å²) in [6, 6.07) is 21.9. The van der Waals surface area contributed by atoms with Gasteiger partial charge in [-0.2, -0.15) is 0 Å². The Hall–Kier alpha value is -2.96. The zero-order valence-electron chi connectivity index (χ0n) is 17.5. The van der Waals surface area contributed by atoms with E-state index in [9.17, 15) is 0 Å². The molecule has 3 aromatic carbocycles. The van der Waals surface area contributed by atoms with Gasteiger partial charge in [-0.15, -0.1) is 10.2 Å². The molecule has 7 heteroatoms. The predicted octanol–water partition coefficient (Wildman–Crippen LogP) is 6.21. The Bertz CT molecular complexity index is 1150. The fourth-order valence-electron chi connectivity index (χ4n) is 3.14. The third-order valence-electron chi connectivity index (χ3n) is 4.82. The second-order valence-corrected chi connectivity index (χ2v) is 8.37. The van der Waals surface area contributed by atoms with E-state index in [0.717, 1.165) is 38.6 Å². The van der Waals surface area contributed by atoms with Crippen molar-refractivity contribution in [3.8, 4) is 28.6 Å². The summed E-state index contributed by atoms with van der Waals surface area (Å²) in [5.41, 5.74) is 4.21. The number of aryl methyl sites for hydroxylation is 1. The molecular weight excluding hydrogens is 430 g/mol. The first-order chi connectivity index (χ1) is 15.1. The number of hydrogen-bond donors (Lipinski definition) is 0. The Kier molecular flexibility index (Phi) is 6.49. The van der Waals surface area contributed by atoms with Gasteiger partial charge < -0.3 is 9.47 Å². The maximum Gasteiger partial charge on any atom is 0.196 e. The molecule has 1 aromatic heterocycles. The maximum atomic E-state index is 6.01. The summed E-state index contributed by atoms with van der Waals surface area (Å²) in [6.45, 7) is 2.07. The SMILES string of the molecule is COc1cc(OC)cc(-c2nnc(SCc3ccc(Cl)cc3)n2-c2ccc(C)cc2)c1. The van der Waals surface area contributed by atoms with Crippen LogP contribution in [0.4, 0.5) is 0 Å². The fourth-order valence-corrected chi connectivity index (χ4v) is 4.18. The highest BCUT2D eigenvalue weighted by Gasteiger charge is 2.18. The normalized spacial score (nSPS) is 10.8. The van der Waals surface area contributed by atoms with Crippen LogP contribution in [0, 0.1) is 6.92 Å². The van der Waals surface area contributed by atoms with E-state index in [2.05, 4.69) is 46.0 Å². The van der Waals surface area contributed by atoms with Gasteiger partial charge in [-0.05, 0) is 48.9 Å². The van der Waals surface area contributed by atoms with Crippen LogP contribution in [0.1, 0.15) is 11.1 Å². The topological polar surface area (TPSA) is 49.2 Å². The molecule has 4 rings (SSSR count). The molecule has 0 aliphatic heterocycles. The minimum absolute atomic E-state index is 0.697. The van der Waals surface area contributed by atoms with Crippen molar-refractivity contribution in [2.75, 3.05) is 14.2 Å². The smallest absolute Gasteiger partial charge is 0.196 e. The molecule has 0 saturated carbocycles. The highest BCUT2D eigenvalue weighted by Crippen LogP contribution is 2.33. The van der Waals surface area contributed by atoms with E-state index in [0.29, 0.717) is 11.5 Å². The van der Waals surface area contributed by atoms with Gasteiger partial charge in [0.05, 0.1) is 14.2 Å². The second kappa shape index (κ2) is 9.45. The van der Waals surface area contributed by atoms with Crippen LogP contribution in [0.15, 0.2) is 71.9 Å². The Balaban J connectivity index is 1.77. The number of rotatable bonds is 7. The molecule has 0 fully saturated rings. The lowest BCUT2D eigenvalue weighted by Gasteiger charge is -2.12. The summed E-state index contributed by atoms with van der Waals surface area (Å²) in [5, 5.41) is 10.6. The molecule has 0 bridgehead atoms. The van der Waals surface area contributed by atoms with Crippen LogP contribution in [0.25, 0.3) is 17.1 Å². The van der Waals surface area contributed by atoms with Crippen molar-refractivity contribution < 1.29 is 9.47 Å². The van der Waals surface area contributed by atoms with E-state index < -0.39 is 0 Å². The molecule has 0 radical (unpaired) electrons. The Labute approximate surface area is 191 Å². The maximum absolute atomic E-state index is 6.01. The van der Waals surface area contributed by atoms with E-state index in [1.807, 2.05) is 42.5 Å². The minimum Gasteiger partial charge on any atom is -0.497 e. The molecule has 0 saturated heterocycles. The molecule has 0 aliphatic rings. The predicted molar refractivity (Wildman–Crippen MR) is 126 cm³/mol. The first-order valence-electron chi connectivity index (χ1n) is 9.70. The average Bonchev–Trinajstić information content (AvgIpc) is 3.23. The molecule has 31 heavy (non-hydrogen) atoms. The molecule has 5 nitrogen and oxygen atoms in total. The van der Waals surface area contributed by atoms with Gasteiger partial charge >= 0.3 is 0 Å². The van der Waals surface area contributed by atoms with Crippen LogP contribution in [0.5, 0.6) is 11.5 Å². The molecule has 158 valence electrons. The first kappa shape index (κ1) is 21.3. The van der Waals surface area contributed by atoms with E-state index in [-0.39, 0.29) is 0 Å². The number of ether oxygens (including phenoxy) is 2. The Morgan fingerprint density at radius 3 is 2.13 bits per heavy atom. The largest absolute Gasteiger partial charge is 0.497 e. The molecule has 0 spiro atoms. The molecule has 1 heterocycles. The van der Waals surface area contributed by atoms with E-state index in [1.54, 1.807) is 26.0 Å². The summed E-state index contributed by atoms with van der Waals surface area (Å²) in [7, 11) is 3.27. The van der Waals surface area contributed by atoms with Crippen molar-refractivity contribution in [2.24, 2.45) is 0 Å². The summed E-state index contributed by atoms with van der Waals surface area (Å²) in [4.78, 5) is 0. The number of aromatic nitrogens is 3. The van der Waals surface area contributed by atoms with Crippen LogP contribution >= 0.6 is 23.4 Å². The van der Waals surface area contributed by atoms with E-state index in [1.165, 1.54) is 5.56 Å². The zero-order valence-corrected chi connectivity index (χ0v) is 19.1. The molecule has 0 N–H and O–H groups in total. The second-order valence-electron chi connectivity index (χ2n) is 6.99. The van der Waals surface area contributed by atoms with Gasteiger partial charge in [-0.25, -0.2) is 0 Å². The van der Waals surface area contributed by atoms with Crippen LogP contribution < -0.4 is 9.47 Å². The number of benzene rings is 3. The van der Waals surface area contributed by atoms with Crippen molar-refractivity contribution in [2.45, 2.75) is 17.8 Å². The number of nitrogens with zero attached hydrogens (tertiary/aromatic N) is 3. The zero-order chi connectivity index (χ0) is 21.8. The average molecular weight is 452 g/mol. The molecule has 0 amide bonds. The van der Waals surface area contributed by atoms with Gasteiger partial charge in [0.15, 0.2) is 11.0 Å². The third-order valence-corrected chi connectivity index (χ3v) is 6.07. The quantitative estimate of drug-likeness (QED) is 0.313. The van der Waals surface area contributed by atoms with E-state index in [4.69, 9.17) is 21.1 Å². The number of hydrogen-bond acceptors (Lipinski definition) is 5. The van der Waals surface area contributed by atoms with Crippen LogP contribution in [0.3, 0.4) is 0 Å². The molecule has 4 aromatic rings. The standard InChI is InChI=1S/C24H22ClN3O2S/c1-16-4-10-20(11-5-16)28-23(18-12-21(29-2)14-22(13-18)30-3)26-27-24(28)31-15-17-6-8-19(25)9-7-17/h4-14H,15H2,1-3H3. The summed E-state index contributed by atoms with van der Waals surface area (Å²) in [6.07, 6.45) is 0. The molecular formula is C24H22ClN3O2S. The van der Waals surface area contributed by atoms with Crippen LogP contribution in [-0.2, 0) is 5.75 Å². The van der Waals surface area contributed by atoms with Crippen molar-refractivity contribution in [3.63, 3.8) is 0 Å². The Morgan fingerprint density at radius 1 is 0.871 bits per heavy atom. The van der Waals surface area contributed by atoms with Crippen LogP contribution in [0.2, 0.25) is 5.02 Å². The van der Waals surface area contributed by atoms with Crippen LogP contribution in [-0.4, -0.2) is 29.0 Å². The van der Waals surface area contributed by atoms with Gasteiger partial charge in [-0.1, -0.05) is 53.2 Å². The first-order valence-corrected chi connectivity index (χ1v) is 11.1. The lowest BCUT2D eigenvalue weighted by molar-refractivity contribution is 0.394. The fraction of sp³-hybridized carbons (Fsp3) is 0.167. The Morgan fingerprint density at radius 2 is 1.52 bits per heavy atom. The number of halogens is 1. The summed E-state index contributed by atoms with van der Waals surface area (Å²) >= 11 is 7.64. The lowest BCUT2D eigenvalue weighted by Crippen LogP contribution is -2.00. The molecule has 0 unspecified atom stereocenters. The van der Waals surface area contributed by atoms with Gasteiger partial charge in [0.1, 0.15) is 11.5 Å². The van der Waals surface area contributed by atoms with Gasteiger partial charge in [0.2, 0.25) is 0 Å². The van der Waals surface area contributed by atoms with Crippen molar-refractivity contribution in [1.82, 2.24) is 14.8 Å². The van der Waals surface area contributed by atoms with Gasteiger partial charge in [0, 0.05) is 28.1 Å². The minimum atomic E-state index is 0.697. The molecule has 0 aliphatic carbocycles. The van der Waals surface area contributed by atoms with Crippen molar-refractivity contribution in [3.05, 3.63) is 82.9 Å². The summed E-state index contributed by atoms with van der Waals surface area (Å²) in [5.74, 6) is 2.87. The summed E-state index contributed by atoms with van der Waals surface area (Å²) < 4.78 is 13.0. The van der Waals surface area contributed by atoms with Gasteiger partial charge in [-0.3, -0.25) is 4.57 Å². The molecule has 0 atom stereocenters. The highest BCUT2D eigenvalue weighted by molar-refractivity contribution is 7.98. The van der Waals surface area contributed by atoms with Crippen molar-refractivity contribution >= 4 is 23.4 Å². The number of methoxy groups -OCH3 is 2.